The molecule has 2 N–H and O–H groups in total. The van der Waals surface area contributed by atoms with E-state index >= 15 is 0 Å². The van der Waals surface area contributed by atoms with Crippen molar-refractivity contribution < 1.29 is 0 Å². The third kappa shape index (κ3) is 2.17. The third-order valence-electron chi connectivity index (χ3n) is 2.03. The number of nitrogens with zero attached hydrogens (tertiary/aromatic N) is 1. The van der Waals surface area contributed by atoms with Gasteiger partial charge in [0.25, 0.3) is 0 Å². The van der Waals surface area contributed by atoms with Gasteiger partial charge in [-0.2, -0.15) is 5.26 Å². The monoisotopic (exact) mass is 160 g/mol. The van der Waals surface area contributed by atoms with Gasteiger partial charge in [0.2, 0.25) is 0 Å². The van der Waals surface area contributed by atoms with Crippen molar-refractivity contribution >= 4 is 12.4 Å². The molecule has 0 spiro atoms. The molecule has 3 heteroatoms. The zero-order valence-electron chi connectivity index (χ0n) is 5.97. The molecule has 0 aromatic rings. The second-order valence-electron chi connectivity index (χ2n) is 2.90. The van der Waals surface area contributed by atoms with Crippen LogP contribution in [0.5, 0.6) is 0 Å². The minimum Gasteiger partial charge on any atom is -0.324 e. The molecule has 0 atom stereocenters. The fourth-order valence-electron chi connectivity index (χ4n) is 1.41. The Bertz CT molecular complexity index is 133. The van der Waals surface area contributed by atoms with Crippen molar-refractivity contribution in [3.05, 3.63) is 0 Å². The van der Waals surface area contributed by atoms with Crippen molar-refractivity contribution in [1.82, 2.24) is 0 Å². The van der Waals surface area contributed by atoms with Crippen LogP contribution in [0.4, 0.5) is 0 Å². The van der Waals surface area contributed by atoms with Crippen molar-refractivity contribution in [3.8, 4) is 6.07 Å². The topological polar surface area (TPSA) is 49.8 Å². The summed E-state index contributed by atoms with van der Waals surface area (Å²) in [5.74, 6) is 0. The highest BCUT2D eigenvalue weighted by Gasteiger charge is 2.28. The lowest BCUT2D eigenvalue weighted by atomic mass is 9.96. The van der Waals surface area contributed by atoms with Gasteiger partial charge in [-0.3, -0.25) is 0 Å². The first-order valence-electron chi connectivity index (χ1n) is 3.43. The summed E-state index contributed by atoms with van der Waals surface area (Å²) in [6.45, 7) is 0. The van der Waals surface area contributed by atoms with Crippen molar-refractivity contribution in [2.75, 3.05) is 0 Å². The standard InChI is InChI=1S/C7H12N2.ClH/c8-6-5-7(9)3-1-2-4-7;/h1-5,9H2;1H. The van der Waals surface area contributed by atoms with E-state index in [-0.39, 0.29) is 17.9 Å². The first kappa shape index (κ1) is 9.74. The number of halogens is 1. The molecule has 0 radical (unpaired) electrons. The average molecular weight is 161 g/mol. The Hall–Kier alpha value is -0.260. The second kappa shape index (κ2) is 3.80. The zero-order chi connectivity index (χ0) is 6.74. The van der Waals surface area contributed by atoms with Gasteiger partial charge in [-0.05, 0) is 12.8 Å². The first-order valence-corrected chi connectivity index (χ1v) is 3.43. The minimum absolute atomic E-state index is 0. The summed E-state index contributed by atoms with van der Waals surface area (Å²) in [5, 5.41) is 8.36. The number of nitrogens with two attached hydrogens (primary N) is 1. The fourth-order valence-corrected chi connectivity index (χ4v) is 1.41. The zero-order valence-corrected chi connectivity index (χ0v) is 6.78. The number of nitriles is 1. The Morgan fingerprint density at radius 1 is 1.40 bits per heavy atom. The summed E-state index contributed by atoms with van der Waals surface area (Å²) in [7, 11) is 0. The molecule has 58 valence electrons. The highest BCUT2D eigenvalue weighted by Crippen LogP contribution is 2.29. The highest BCUT2D eigenvalue weighted by molar-refractivity contribution is 5.85. The predicted octanol–water partition coefficient (Wildman–Crippen LogP) is 1.59. The van der Waals surface area contributed by atoms with Gasteiger partial charge in [0, 0.05) is 5.54 Å². The van der Waals surface area contributed by atoms with Crippen molar-refractivity contribution in [2.45, 2.75) is 37.6 Å². The van der Waals surface area contributed by atoms with Gasteiger partial charge in [-0.1, -0.05) is 12.8 Å². The lowest BCUT2D eigenvalue weighted by Crippen LogP contribution is -2.35. The molecule has 0 aromatic carbocycles. The molecule has 0 amide bonds. The largest absolute Gasteiger partial charge is 0.324 e. The lowest BCUT2D eigenvalue weighted by molar-refractivity contribution is 0.449. The van der Waals surface area contributed by atoms with Gasteiger partial charge in [0.05, 0.1) is 12.5 Å². The SMILES string of the molecule is Cl.N#CCC1(N)CCCC1. The van der Waals surface area contributed by atoms with Gasteiger partial charge < -0.3 is 5.73 Å². The molecule has 1 rings (SSSR count). The van der Waals surface area contributed by atoms with Gasteiger partial charge in [0.1, 0.15) is 0 Å². The molecule has 0 aromatic heterocycles. The summed E-state index contributed by atoms with van der Waals surface area (Å²) < 4.78 is 0. The number of rotatable bonds is 1. The summed E-state index contributed by atoms with van der Waals surface area (Å²) >= 11 is 0. The van der Waals surface area contributed by atoms with Crippen molar-refractivity contribution in [3.63, 3.8) is 0 Å². The smallest absolute Gasteiger partial charge is 0.0641 e. The summed E-state index contributed by atoms with van der Waals surface area (Å²) in [4.78, 5) is 0. The minimum atomic E-state index is -0.116. The van der Waals surface area contributed by atoms with E-state index in [1.54, 1.807) is 0 Å². The van der Waals surface area contributed by atoms with Gasteiger partial charge in [-0.15, -0.1) is 12.4 Å². The predicted molar refractivity (Wildman–Crippen MR) is 42.9 cm³/mol. The second-order valence-corrected chi connectivity index (χ2v) is 2.90. The Labute approximate surface area is 67.8 Å². The normalized spacial score (nSPS) is 21.2. The highest BCUT2D eigenvalue weighted by atomic mass is 35.5. The van der Waals surface area contributed by atoms with Crippen LogP contribution in [0.1, 0.15) is 32.1 Å². The quantitative estimate of drug-likeness (QED) is 0.634. The van der Waals surface area contributed by atoms with Crippen LogP contribution < -0.4 is 5.73 Å². The van der Waals surface area contributed by atoms with Crippen LogP contribution in [0.15, 0.2) is 0 Å². The molecule has 1 saturated carbocycles. The Morgan fingerprint density at radius 2 is 1.90 bits per heavy atom. The first-order chi connectivity index (χ1) is 4.27. The number of hydrogen-bond donors (Lipinski definition) is 1. The number of hydrogen-bond acceptors (Lipinski definition) is 2. The molecule has 0 heterocycles. The van der Waals surface area contributed by atoms with Crippen LogP contribution in [0.3, 0.4) is 0 Å². The van der Waals surface area contributed by atoms with E-state index < -0.39 is 0 Å². The van der Waals surface area contributed by atoms with Gasteiger partial charge in [0.15, 0.2) is 0 Å². The van der Waals surface area contributed by atoms with E-state index in [0.717, 1.165) is 12.8 Å². The van der Waals surface area contributed by atoms with Crippen LogP contribution >= 0.6 is 12.4 Å². The van der Waals surface area contributed by atoms with Crippen LogP contribution in [0.2, 0.25) is 0 Å². The lowest BCUT2D eigenvalue weighted by Gasteiger charge is -2.18. The van der Waals surface area contributed by atoms with E-state index in [4.69, 9.17) is 11.0 Å². The van der Waals surface area contributed by atoms with Gasteiger partial charge in [-0.25, -0.2) is 0 Å². The molecule has 1 fully saturated rings. The van der Waals surface area contributed by atoms with E-state index in [2.05, 4.69) is 6.07 Å². The molecule has 10 heavy (non-hydrogen) atoms. The molecule has 0 saturated heterocycles. The van der Waals surface area contributed by atoms with Crippen LogP contribution in [-0.2, 0) is 0 Å². The Kier molecular flexibility index (Phi) is 3.70. The molecule has 0 bridgehead atoms. The molecule has 1 aliphatic carbocycles. The van der Waals surface area contributed by atoms with Crippen LogP contribution in [-0.4, -0.2) is 5.54 Å². The maximum atomic E-state index is 8.36. The van der Waals surface area contributed by atoms with Crippen LogP contribution in [0, 0.1) is 11.3 Å². The third-order valence-corrected chi connectivity index (χ3v) is 2.03. The molecular formula is C7H13ClN2. The Morgan fingerprint density at radius 3 is 2.30 bits per heavy atom. The van der Waals surface area contributed by atoms with E-state index in [9.17, 15) is 0 Å². The van der Waals surface area contributed by atoms with Crippen LogP contribution in [0.25, 0.3) is 0 Å². The molecule has 0 aliphatic heterocycles. The summed E-state index contributed by atoms with van der Waals surface area (Å²) in [6, 6.07) is 2.13. The van der Waals surface area contributed by atoms with Crippen molar-refractivity contribution in [1.29, 1.82) is 5.26 Å². The van der Waals surface area contributed by atoms with Crippen molar-refractivity contribution in [2.24, 2.45) is 5.73 Å². The summed E-state index contributed by atoms with van der Waals surface area (Å²) in [5.41, 5.74) is 5.73. The van der Waals surface area contributed by atoms with E-state index in [1.165, 1.54) is 12.8 Å². The molecular weight excluding hydrogens is 148 g/mol. The molecule has 2 nitrogen and oxygen atoms in total. The molecule has 1 aliphatic rings. The summed E-state index contributed by atoms with van der Waals surface area (Å²) in [6.07, 6.45) is 5.03. The Balaban J connectivity index is 0.000000810. The fraction of sp³-hybridized carbons (Fsp3) is 0.857. The van der Waals surface area contributed by atoms with E-state index in [1.807, 2.05) is 0 Å². The maximum Gasteiger partial charge on any atom is 0.0641 e. The van der Waals surface area contributed by atoms with E-state index in [0.29, 0.717) is 6.42 Å². The average Bonchev–Trinajstić information content (AvgIpc) is 2.16. The maximum absolute atomic E-state index is 8.36. The van der Waals surface area contributed by atoms with Gasteiger partial charge >= 0.3 is 0 Å². The molecule has 0 unspecified atom stereocenters.